The van der Waals surface area contributed by atoms with Gasteiger partial charge < -0.3 is 10.0 Å². The third kappa shape index (κ3) is 2.72. The molecule has 0 radical (unpaired) electrons. The number of rotatable bonds is 4. The van der Waals surface area contributed by atoms with Crippen LogP contribution < -0.4 is 0 Å². The molecule has 1 aromatic carbocycles. The fourth-order valence-electron chi connectivity index (χ4n) is 2.78. The molecule has 2 rings (SSSR count). The summed E-state index contributed by atoms with van der Waals surface area (Å²) in [5, 5.41) is 9.18. The largest absolute Gasteiger partial charge is 0.392 e. The first kappa shape index (κ1) is 13.1. The second kappa shape index (κ2) is 6.01. The Morgan fingerprint density at radius 3 is 2.67 bits per heavy atom. The highest BCUT2D eigenvalue weighted by molar-refractivity contribution is 5.47. The molecule has 0 aromatic heterocycles. The van der Waals surface area contributed by atoms with E-state index in [-0.39, 0.29) is 6.61 Å². The van der Waals surface area contributed by atoms with E-state index in [9.17, 15) is 9.90 Å². The van der Waals surface area contributed by atoms with Gasteiger partial charge in [-0.2, -0.15) is 0 Å². The molecular weight excluding hydrogens is 226 g/mol. The van der Waals surface area contributed by atoms with Crippen molar-refractivity contribution >= 4 is 6.41 Å². The van der Waals surface area contributed by atoms with Crippen LogP contribution >= 0.6 is 0 Å². The number of piperidine rings is 1. The lowest BCUT2D eigenvalue weighted by molar-refractivity contribution is -0.119. The van der Waals surface area contributed by atoms with E-state index in [4.69, 9.17) is 0 Å². The van der Waals surface area contributed by atoms with E-state index in [0.717, 1.165) is 44.3 Å². The Morgan fingerprint density at radius 2 is 2.11 bits per heavy atom. The lowest BCUT2D eigenvalue weighted by Crippen LogP contribution is -2.31. The van der Waals surface area contributed by atoms with Crippen molar-refractivity contribution in [2.24, 2.45) is 0 Å². The lowest BCUT2D eigenvalue weighted by atomic mass is 9.85. The molecule has 1 aliphatic rings. The van der Waals surface area contributed by atoms with Crippen molar-refractivity contribution in [2.75, 3.05) is 13.1 Å². The number of likely N-dealkylation sites (tertiary alicyclic amines) is 1. The zero-order chi connectivity index (χ0) is 13.0. The van der Waals surface area contributed by atoms with Crippen LogP contribution in [0.15, 0.2) is 18.2 Å². The van der Waals surface area contributed by atoms with E-state index >= 15 is 0 Å². The highest BCUT2D eigenvalue weighted by atomic mass is 16.3. The molecule has 3 nitrogen and oxygen atoms in total. The number of carbonyl (C=O) groups is 1. The van der Waals surface area contributed by atoms with Crippen LogP contribution in [0.3, 0.4) is 0 Å². The van der Waals surface area contributed by atoms with Gasteiger partial charge in [-0.3, -0.25) is 4.79 Å². The first-order valence-electron chi connectivity index (χ1n) is 6.70. The van der Waals surface area contributed by atoms with Gasteiger partial charge in [0.2, 0.25) is 6.41 Å². The van der Waals surface area contributed by atoms with E-state index in [1.54, 1.807) is 0 Å². The summed E-state index contributed by atoms with van der Waals surface area (Å²) in [6.07, 6.45) is 4.04. The highest BCUT2D eigenvalue weighted by Crippen LogP contribution is 2.30. The maximum absolute atomic E-state index is 10.7. The van der Waals surface area contributed by atoms with E-state index in [2.05, 4.69) is 19.1 Å². The molecule has 0 bridgehead atoms. The molecule has 18 heavy (non-hydrogen) atoms. The Hall–Kier alpha value is -1.35. The Morgan fingerprint density at radius 1 is 1.39 bits per heavy atom. The SMILES string of the molecule is CCc1cc(CO)ccc1C1CCN(C=O)CC1. The number of hydrogen-bond donors (Lipinski definition) is 1. The van der Waals surface area contributed by atoms with Crippen LogP contribution in [0.5, 0.6) is 0 Å². The molecule has 1 saturated heterocycles. The third-order valence-electron chi connectivity index (χ3n) is 3.89. The van der Waals surface area contributed by atoms with Crippen molar-refractivity contribution in [3.8, 4) is 0 Å². The molecule has 0 spiro atoms. The summed E-state index contributed by atoms with van der Waals surface area (Å²) >= 11 is 0. The van der Waals surface area contributed by atoms with Gasteiger partial charge in [-0.15, -0.1) is 0 Å². The normalized spacial score (nSPS) is 16.9. The van der Waals surface area contributed by atoms with Gasteiger partial charge in [0.25, 0.3) is 0 Å². The predicted molar refractivity (Wildman–Crippen MR) is 71.4 cm³/mol. The molecule has 1 fully saturated rings. The second-order valence-electron chi connectivity index (χ2n) is 4.96. The van der Waals surface area contributed by atoms with E-state index in [1.807, 2.05) is 11.0 Å². The minimum atomic E-state index is 0.108. The summed E-state index contributed by atoms with van der Waals surface area (Å²) in [5.41, 5.74) is 3.73. The van der Waals surface area contributed by atoms with Crippen LogP contribution in [0.25, 0.3) is 0 Å². The third-order valence-corrected chi connectivity index (χ3v) is 3.89. The number of aliphatic hydroxyl groups excluding tert-OH is 1. The molecule has 1 amide bonds. The number of benzene rings is 1. The van der Waals surface area contributed by atoms with Crippen LogP contribution in [0.1, 0.15) is 42.4 Å². The molecule has 0 aliphatic carbocycles. The van der Waals surface area contributed by atoms with Crippen LogP contribution in [0.2, 0.25) is 0 Å². The number of nitrogens with zero attached hydrogens (tertiary/aromatic N) is 1. The average Bonchev–Trinajstić information content (AvgIpc) is 2.46. The highest BCUT2D eigenvalue weighted by Gasteiger charge is 2.21. The van der Waals surface area contributed by atoms with Gasteiger partial charge in [0.05, 0.1) is 6.61 Å². The van der Waals surface area contributed by atoms with Crippen LogP contribution in [0, 0.1) is 0 Å². The summed E-state index contributed by atoms with van der Waals surface area (Å²) in [7, 11) is 0. The van der Waals surface area contributed by atoms with Gasteiger partial charge in [-0.1, -0.05) is 25.1 Å². The summed E-state index contributed by atoms with van der Waals surface area (Å²) < 4.78 is 0. The van der Waals surface area contributed by atoms with Gasteiger partial charge in [-0.05, 0) is 41.9 Å². The molecule has 0 atom stereocenters. The minimum Gasteiger partial charge on any atom is -0.392 e. The number of aliphatic hydroxyl groups is 1. The smallest absolute Gasteiger partial charge is 0.209 e. The molecule has 3 heteroatoms. The van der Waals surface area contributed by atoms with Gasteiger partial charge >= 0.3 is 0 Å². The summed E-state index contributed by atoms with van der Waals surface area (Å²) in [5.74, 6) is 0.559. The van der Waals surface area contributed by atoms with E-state index in [1.165, 1.54) is 11.1 Å². The first-order valence-corrected chi connectivity index (χ1v) is 6.70. The van der Waals surface area contributed by atoms with Gasteiger partial charge in [0.1, 0.15) is 0 Å². The minimum absolute atomic E-state index is 0.108. The number of aryl methyl sites for hydroxylation is 1. The Bertz CT molecular complexity index is 409. The topological polar surface area (TPSA) is 40.5 Å². The van der Waals surface area contributed by atoms with Crippen LogP contribution in [-0.2, 0) is 17.8 Å². The van der Waals surface area contributed by atoms with Crippen molar-refractivity contribution < 1.29 is 9.90 Å². The molecule has 0 unspecified atom stereocenters. The van der Waals surface area contributed by atoms with Crippen molar-refractivity contribution in [3.63, 3.8) is 0 Å². The summed E-state index contributed by atoms with van der Waals surface area (Å²) in [6.45, 7) is 3.98. The Labute approximate surface area is 108 Å². The lowest BCUT2D eigenvalue weighted by Gasteiger charge is -2.30. The average molecular weight is 247 g/mol. The van der Waals surface area contributed by atoms with E-state index < -0.39 is 0 Å². The van der Waals surface area contributed by atoms with Gasteiger partial charge in [-0.25, -0.2) is 0 Å². The predicted octanol–water partition coefficient (Wildman–Crippen LogP) is 2.08. The molecule has 0 saturated carbocycles. The van der Waals surface area contributed by atoms with E-state index in [0.29, 0.717) is 5.92 Å². The van der Waals surface area contributed by atoms with Crippen molar-refractivity contribution in [2.45, 2.75) is 38.7 Å². The summed E-state index contributed by atoms with van der Waals surface area (Å²) in [6, 6.07) is 6.29. The van der Waals surface area contributed by atoms with Crippen LogP contribution in [0.4, 0.5) is 0 Å². The maximum Gasteiger partial charge on any atom is 0.209 e. The monoisotopic (exact) mass is 247 g/mol. The van der Waals surface area contributed by atoms with Gasteiger partial charge in [0, 0.05) is 13.1 Å². The van der Waals surface area contributed by atoms with Crippen molar-refractivity contribution in [3.05, 3.63) is 34.9 Å². The molecule has 98 valence electrons. The Kier molecular flexibility index (Phi) is 4.37. The fourth-order valence-corrected chi connectivity index (χ4v) is 2.78. The van der Waals surface area contributed by atoms with Gasteiger partial charge in [0.15, 0.2) is 0 Å². The molecular formula is C15H21NO2. The number of amides is 1. The van der Waals surface area contributed by atoms with Crippen molar-refractivity contribution in [1.29, 1.82) is 0 Å². The molecule has 1 aliphatic heterocycles. The maximum atomic E-state index is 10.7. The first-order chi connectivity index (χ1) is 8.78. The quantitative estimate of drug-likeness (QED) is 0.828. The van der Waals surface area contributed by atoms with Crippen molar-refractivity contribution in [1.82, 2.24) is 4.90 Å². The Balaban J connectivity index is 2.15. The number of carbonyl (C=O) groups excluding carboxylic acids is 1. The standard InChI is InChI=1S/C15H21NO2/c1-2-13-9-12(10-17)3-4-15(13)14-5-7-16(11-18)8-6-14/h3-4,9,11,14,17H,2,5-8,10H2,1H3. The van der Waals surface area contributed by atoms with Crippen LogP contribution in [-0.4, -0.2) is 29.5 Å². The molecule has 1 heterocycles. The molecule has 1 N–H and O–H groups in total. The zero-order valence-electron chi connectivity index (χ0n) is 10.9. The second-order valence-corrected chi connectivity index (χ2v) is 4.96. The summed E-state index contributed by atoms with van der Waals surface area (Å²) in [4.78, 5) is 12.6. The number of hydrogen-bond acceptors (Lipinski definition) is 2. The molecule has 1 aromatic rings. The zero-order valence-corrected chi connectivity index (χ0v) is 10.9. The fraction of sp³-hybridized carbons (Fsp3) is 0.533.